The average molecular weight is 285 g/mol. The number of hydrogen-bond acceptors (Lipinski definition) is 5. The zero-order chi connectivity index (χ0) is 14.6. The molecule has 0 heterocycles. The van der Waals surface area contributed by atoms with Crippen molar-refractivity contribution in [2.75, 3.05) is 0 Å². The Hall–Kier alpha value is -1.71. The highest BCUT2D eigenvalue weighted by molar-refractivity contribution is 7.96. The van der Waals surface area contributed by atoms with Gasteiger partial charge in [0, 0.05) is 0 Å². The van der Waals surface area contributed by atoms with Crippen molar-refractivity contribution in [3.63, 3.8) is 0 Å². The summed E-state index contributed by atoms with van der Waals surface area (Å²) in [7, 11) is -1.87. The Morgan fingerprint density at radius 3 is 2.47 bits per heavy atom. The Labute approximate surface area is 114 Å². The molecule has 0 aliphatic heterocycles. The maximum absolute atomic E-state index is 10.8. The summed E-state index contributed by atoms with van der Waals surface area (Å²) in [4.78, 5) is 21.6. The maximum Gasteiger partial charge on any atom is 0.475 e. The third-order valence-electron chi connectivity index (χ3n) is 2.46. The summed E-state index contributed by atoms with van der Waals surface area (Å²) >= 11 is 3.45. The molecule has 0 radical (unpaired) electrons. The topological polar surface area (TPSA) is 127 Å². The van der Waals surface area contributed by atoms with E-state index in [2.05, 4.69) is 17.9 Å². The van der Waals surface area contributed by atoms with E-state index in [0.717, 1.165) is 0 Å². The van der Waals surface area contributed by atoms with Crippen LogP contribution < -0.4 is 5.32 Å². The van der Waals surface area contributed by atoms with Gasteiger partial charge in [0.05, 0.1) is 5.94 Å². The average Bonchev–Trinajstić information content (AvgIpc) is 2.29. The lowest BCUT2D eigenvalue weighted by Crippen LogP contribution is -2.46. The van der Waals surface area contributed by atoms with Gasteiger partial charge in [-0.2, -0.15) is 0 Å². The molecular weight excluding hydrogens is 273 g/mol. The highest BCUT2D eigenvalue weighted by atomic mass is 32.1. The zero-order valence-corrected chi connectivity index (χ0v) is 10.5. The van der Waals surface area contributed by atoms with Crippen LogP contribution in [0.2, 0.25) is 0 Å². The molecular formula is C10H12BNO6S. The number of nitrogens with one attached hydrogen (secondary N) is 1. The number of hydrogen-bond donors (Lipinski definition) is 6. The summed E-state index contributed by atoms with van der Waals surface area (Å²) in [6.07, 6.45) is -0.156. The molecule has 0 aromatic heterocycles. The fraction of sp³-hybridized carbons (Fsp3) is 0.200. The molecule has 1 aromatic rings. The summed E-state index contributed by atoms with van der Waals surface area (Å²) in [5, 5.41) is 38.2. The minimum absolute atomic E-state index is 0.156. The molecule has 0 saturated carbocycles. The Morgan fingerprint density at radius 1 is 1.37 bits per heavy atom. The Kier molecular flexibility index (Phi) is 5.22. The van der Waals surface area contributed by atoms with Crippen LogP contribution in [0.15, 0.2) is 18.2 Å². The number of amides is 1. The summed E-state index contributed by atoms with van der Waals surface area (Å²) < 4.78 is 0. The van der Waals surface area contributed by atoms with Crippen molar-refractivity contribution < 1.29 is 29.9 Å². The lowest BCUT2D eigenvalue weighted by molar-refractivity contribution is 0.0693. The van der Waals surface area contributed by atoms with E-state index < -0.39 is 30.0 Å². The van der Waals surface area contributed by atoms with Crippen molar-refractivity contribution in [2.45, 2.75) is 12.4 Å². The van der Waals surface area contributed by atoms with Gasteiger partial charge >= 0.3 is 13.1 Å². The number of carboxylic acids is 1. The third-order valence-corrected chi connectivity index (χ3v) is 2.59. The smallest absolute Gasteiger partial charge is 0.475 e. The van der Waals surface area contributed by atoms with Gasteiger partial charge in [-0.25, -0.2) is 4.79 Å². The first kappa shape index (κ1) is 15.4. The van der Waals surface area contributed by atoms with Crippen molar-refractivity contribution in [1.82, 2.24) is 5.32 Å². The molecule has 0 aliphatic carbocycles. The number of aromatic carboxylic acids is 1. The second-order valence-corrected chi connectivity index (χ2v) is 4.20. The van der Waals surface area contributed by atoms with E-state index in [1.807, 2.05) is 0 Å². The highest BCUT2D eigenvalue weighted by Crippen LogP contribution is 2.23. The molecule has 5 N–H and O–H groups in total. The number of carboxylic acid groups (broad SMARTS) is 1. The quantitative estimate of drug-likeness (QED) is 0.324. The van der Waals surface area contributed by atoms with Crippen LogP contribution in [0.4, 0.5) is 4.79 Å². The number of carbonyl (C=O) groups excluding carboxylic acids is 1. The Balaban J connectivity index is 3.00. The molecule has 1 amide bonds. The molecule has 7 nitrogen and oxygen atoms in total. The van der Waals surface area contributed by atoms with Gasteiger partial charge in [-0.05, 0) is 18.1 Å². The molecule has 1 unspecified atom stereocenters. The van der Waals surface area contributed by atoms with Crippen LogP contribution in [0.5, 0.6) is 5.75 Å². The first-order valence-electron chi connectivity index (χ1n) is 5.22. The lowest BCUT2D eigenvalue weighted by atomic mass is 9.76. The van der Waals surface area contributed by atoms with E-state index in [0.29, 0.717) is 0 Å². The first-order chi connectivity index (χ1) is 8.82. The molecule has 1 aromatic carbocycles. The number of benzene rings is 1. The monoisotopic (exact) mass is 285 g/mol. The zero-order valence-electron chi connectivity index (χ0n) is 9.65. The molecule has 19 heavy (non-hydrogen) atoms. The van der Waals surface area contributed by atoms with E-state index in [9.17, 15) is 14.7 Å². The molecule has 1 atom stereocenters. The van der Waals surface area contributed by atoms with Gasteiger partial charge in [-0.3, -0.25) is 4.79 Å². The van der Waals surface area contributed by atoms with Crippen LogP contribution in [0, 0.1) is 0 Å². The second-order valence-electron chi connectivity index (χ2n) is 3.79. The summed E-state index contributed by atoms with van der Waals surface area (Å²) in [5.41, 5.74) is -0.138. The maximum atomic E-state index is 10.8. The van der Waals surface area contributed by atoms with E-state index in [1.165, 1.54) is 18.2 Å². The Morgan fingerprint density at radius 2 is 2.00 bits per heavy atom. The van der Waals surface area contributed by atoms with Gasteiger partial charge in [0.15, 0.2) is 0 Å². The van der Waals surface area contributed by atoms with E-state index in [1.54, 1.807) is 0 Å². The van der Waals surface area contributed by atoms with Crippen LogP contribution in [0.25, 0.3) is 0 Å². The standard InChI is InChI=1S/C10H12BNO6S/c13-8-5(2-1-3-6(8)9(14)15)4-7(11(17)18)12-10(16)19/h1-3,7,13,17-18H,4H2,(H,14,15)(H2,12,16,19). The number of carbonyl (C=O) groups is 2. The van der Waals surface area contributed by atoms with Gasteiger partial charge in [0.1, 0.15) is 11.3 Å². The summed E-state index contributed by atoms with van der Waals surface area (Å²) in [6, 6.07) is 4.03. The van der Waals surface area contributed by atoms with Gasteiger partial charge in [-0.1, -0.05) is 24.8 Å². The second kappa shape index (κ2) is 6.46. The lowest BCUT2D eigenvalue weighted by Gasteiger charge is -2.17. The number of phenols is 1. The molecule has 0 fully saturated rings. The number of aromatic hydroxyl groups is 1. The molecule has 102 valence electrons. The summed E-state index contributed by atoms with van der Waals surface area (Å²) in [5.74, 6) is -2.90. The van der Waals surface area contributed by atoms with Gasteiger partial charge in [-0.15, -0.1) is 0 Å². The molecule has 0 saturated heterocycles. The van der Waals surface area contributed by atoms with Crippen molar-refractivity contribution >= 4 is 31.0 Å². The van der Waals surface area contributed by atoms with E-state index in [4.69, 9.17) is 15.2 Å². The predicted octanol–water partition coefficient (Wildman–Crippen LogP) is -0.347. The van der Waals surface area contributed by atoms with Crippen molar-refractivity contribution in [3.8, 4) is 5.75 Å². The van der Waals surface area contributed by atoms with E-state index >= 15 is 0 Å². The minimum Gasteiger partial charge on any atom is -0.507 e. The summed E-state index contributed by atoms with van der Waals surface area (Å²) in [6.45, 7) is 0. The number of rotatable bonds is 5. The van der Waals surface area contributed by atoms with Crippen LogP contribution >= 0.6 is 12.6 Å². The molecule has 0 aliphatic rings. The fourth-order valence-electron chi connectivity index (χ4n) is 1.56. The fourth-order valence-corrected chi connectivity index (χ4v) is 1.72. The third kappa shape index (κ3) is 4.16. The normalized spacial score (nSPS) is 11.7. The van der Waals surface area contributed by atoms with Crippen molar-refractivity contribution in [1.29, 1.82) is 0 Å². The van der Waals surface area contributed by atoms with Gasteiger partial charge in [0.2, 0.25) is 0 Å². The highest BCUT2D eigenvalue weighted by Gasteiger charge is 2.26. The Bertz CT molecular complexity index is 495. The van der Waals surface area contributed by atoms with Crippen molar-refractivity contribution in [3.05, 3.63) is 29.3 Å². The van der Waals surface area contributed by atoms with Gasteiger partial charge in [0.25, 0.3) is 5.24 Å². The largest absolute Gasteiger partial charge is 0.507 e. The molecule has 9 heteroatoms. The molecule has 0 bridgehead atoms. The minimum atomic E-state index is -1.87. The van der Waals surface area contributed by atoms with E-state index in [-0.39, 0.29) is 17.5 Å². The van der Waals surface area contributed by atoms with Crippen LogP contribution in [0.3, 0.4) is 0 Å². The van der Waals surface area contributed by atoms with Crippen LogP contribution in [0.1, 0.15) is 15.9 Å². The SMILES string of the molecule is O=C(S)NC(Cc1cccc(C(=O)O)c1O)B(O)O. The predicted molar refractivity (Wildman–Crippen MR) is 70.3 cm³/mol. The first-order valence-corrected chi connectivity index (χ1v) is 5.67. The van der Waals surface area contributed by atoms with Crippen molar-refractivity contribution in [2.24, 2.45) is 0 Å². The number of para-hydroxylation sites is 1. The van der Waals surface area contributed by atoms with Crippen LogP contribution in [-0.4, -0.2) is 44.5 Å². The molecule has 0 spiro atoms. The number of thiol groups is 1. The molecule has 1 rings (SSSR count). The van der Waals surface area contributed by atoms with Gasteiger partial charge < -0.3 is 25.6 Å². The van der Waals surface area contributed by atoms with Crippen LogP contribution in [-0.2, 0) is 6.42 Å².